The predicted molar refractivity (Wildman–Crippen MR) is 321 cm³/mol. The molecule has 2 aliphatic rings. The van der Waals surface area contributed by atoms with Crippen molar-refractivity contribution in [3.05, 3.63) is 217 Å². The summed E-state index contributed by atoms with van der Waals surface area (Å²) in [7, 11) is 0. The van der Waals surface area contributed by atoms with Crippen molar-refractivity contribution in [2.75, 3.05) is 9.80 Å². The third-order valence-electron chi connectivity index (χ3n) is 15.6. The third-order valence-corrected chi connectivity index (χ3v) is 15.6. The van der Waals surface area contributed by atoms with E-state index in [1.807, 2.05) is 12.3 Å². The van der Waals surface area contributed by atoms with Crippen LogP contribution in [0.2, 0.25) is 0 Å². The van der Waals surface area contributed by atoms with Gasteiger partial charge in [0.1, 0.15) is 5.82 Å². The second-order valence-corrected chi connectivity index (χ2v) is 25.1. The molecule has 5 nitrogen and oxygen atoms in total. The Kier molecular flexibility index (Phi) is 12.9. The van der Waals surface area contributed by atoms with E-state index in [-0.39, 0.29) is 49.4 Å². The van der Waals surface area contributed by atoms with Crippen LogP contribution in [0.1, 0.15) is 105 Å². The summed E-state index contributed by atoms with van der Waals surface area (Å²) < 4.78 is 9.31. The van der Waals surface area contributed by atoms with Crippen molar-refractivity contribution < 1.29 is 25.8 Å². The number of nitrogens with zero attached hydrogens (tertiary/aromatic N) is 4. The molecular formula is C70H66BN4OPt-3. The van der Waals surface area contributed by atoms with Crippen LogP contribution in [0.5, 0.6) is 11.5 Å². The predicted octanol–water partition coefficient (Wildman–Crippen LogP) is 16.3. The molecular weight excluding hydrogens is 1120 g/mol. The van der Waals surface area contributed by atoms with Gasteiger partial charge >= 0.3 is 0 Å². The molecule has 2 aliphatic heterocycles. The number of benzene rings is 8. The Hall–Kier alpha value is -7.14. The van der Waals surface area contributed by atoms with Gasteiger partial charge in [0.05, 0.1) is 0 Å². The van der Waals surface area contributed by atoms with E-state index in [1.54, 1.807) is 0 Å². The van der Waals surface area contributed by atoms with Crippen LogP contribution in [0.3, 0.4) is 0 Å². The van der Waals surface area contributed by atoms with Gasteiger partial charge in [0.25, 0.3) is 0 Å². The molecule has 0 unspecified atom stereocenters. The Morgan fingerprint density at radius 1 is 0.481 bits per heavy atom. The van der Waals surface area contributed by atoms with Crippen LogP contribution >= 0.6 is 0 Å². The van der Waals surface area contributed by atoms with Crippen LogP contribution in [0.15, 0.2) is 176 Å². The van der Waals surface area contributed by atoms with E-state index in [2.05, 4.69) is 280 Å². The molecule has 8 aromatic carbocycles. The Morgan fingerprint density at radius 3 is 1.77 bits per heavy atom. The number of rotatable bonds is 8. The van der Waals surface area contributed by atoms with Gasteiger partial charge in [-0.25, -0.2) is 4.98 Å². The monoisotopic (exact) mass is 1180 g/mol. The molecule has 388 valence electrons. The molecule has 77 heavy (non-hydrogen) atoms. The average molecular weight is 1190 g/mol. The van der Waals surface area contributed by atoms with Crippen molar-refractivity contribution in [3.8, 4) is 39.6 Å². The Balaban J connectivity index is 0.00000631. The summed E-state index contributed by atoms with van der Waals surface area (Å²) in [5.41, 5.74) is 19.6. The number of aromatic nitrogens is 2. The van der Waals surface area contributed by atoms with Gasteiger partial charge in [-0.05, 0) is 85.4 Å². The van der Waals surface area contributed by atoms with Gasteiger partial charge in [-0.1, -0.05) is 220 Å². The molecule has 2 aromatic heterocycles. The van der Waals surface area contributed by atoms with Crippen LogP contribution in [-0.4, -0.2) is 16.3 Å². The van der Waals surface area contributed by atoms with Crippen molar-refractivity contribution in [1.82, 2.24) is 9.55 Å². The molecule has 0 N–H and O–H groups in total. The van der Waals surface area contributed by atoms with Gasteiger partial charge < -0.3 is 19.1 Å². The summed E-state index contributed by atoms with van der Waals surface area (Å²) in [4.78, 5) is 9.66. The maximum absolute atomic E-state index is 7.03. The fraction of sp³-hybridized carbons (Fsp3) is 0.229. The molecule has 4 heterocycles. The SMILES string of the molecule is CC(C)(C)c1cccc(-c2cccc(-c3cc(C(C)(C)C)cc(C(C)(C)C)c3)c2N2[CH-]N(c3[c-]c(Oc4[c-]c5c6c(c4)B(c4ccccc4)c4cccc(c46)n5-c4cc(C(C)(C)C)ccn4)ccc3)c3ccccc32)c1.[Pt]. The van der Waals surface area contributed by atoms with E-state index in [9.17, 15) is 0 Å². The quantitative estimate of drug-likeness (QED) is 0.112. The van der Waals surface area contributed by atoms with Gasteiger partial charge in [-0.3, -0.25) is 0 Å². The number of hydrogen-bond donors (Lipinski definition) is 0. The van der Waals surface area contributed by atoms with Crippen molar-refractivity contribution >= 4 is 67.7 Å². The van der Waals surface area contributed by atoms with Gasteiger partial charge in [0.2, 0.25) is 6.71 Å². The maximum Gasteiger partial charge on any atom is 0.217 e. The minimum Gasteiger partial charge on any atom is -0.509 e. The molecule has 0 saturated carbocycles. The van der Waals surface area contributed by atoms with E-state index in [4.69, 9.17) is 9.72 Å². The molecule has 7 heteroatoms. The summed E-state index contributed by atoms with van der Waals surface area (Å²) in [5, 5.41) is 2.44. The minimum atomic E-state index is -0.0528. The fourth-order valence-electron chi connectivity index (χ4n) is 11.4. The van der Waals surface area contributed by atoms with Crippen LogP contribution in [-0.2, 0) is 42.7 Å². The summed E-state index contributed by atoms with van der Waals surface area (Å²) in [6, 6.07) is 69.7. The molecule has 0 fully saturated rings. The summed E-state index contributed by atoms with van der Waals surface area (Å²) >= 11 is 0. The Labute approximate surface area is 471 Å². The molecule has 0 atom stereocenters. The molecule has 0 radical (unpaired) electrons. The molecule has 0 saturated heterocycles. The number of anilines is 4. The largest absolute Gasteiger partial charge is 0.509 e. The van der Waals surface area contributed by atoms with Crippen LogP contribution in [0.25, 0.3) is 49.9 Å². The molecule has 0 aliphatic carbocycles. The van der Waals surface area contributed by atoms with Gasteiger partial charge in [-0.2, -0.15) is 11.5 Å². The van der Waals surface area contributed by atoms with Crippen molar-refractivity contribution in [2.45, 2.75) is 105 Å². The normalized spacial score (nSPS) is 13.5. The molecule has 12 rings (SSSR count). The van der Waals surface area contributed by atoms with Crippen molar-refractivity contribution in [2.24, 2.45) is 0 Å². The summed E-state index contributed by atoms with van der Waals surface area (Å²) in [6.07, 6.45) is 1.93. The molecule has 0 spiro atoms. The molecule has 0 bridgehead atoms. The fourth-order valence-corrected chi connectivity index (χ4v) is 11.4. The van der Waals surface area contributed by atoms with E-state index < -0.39 is 0 Å². The van der Waals surface area contributed by atoms with E-state index in [0.29, 0.717) is 11.5 Å². The molecule has 10 aromatic rings. The van der Waals surface area contributed by atoms with Crippen LogP contribution in [0, 0.1) is 18.8 Å². The second-order valence-electron chi connectivity index (χ2n) is 25.1. The first-order valence-electron chi connectivity index (χ1n) is 26.9. The van der Waals surface area contributed by atoms with Crippen LogP contribution in [0.4, 0.5) is 22.7 Å². The Morgan fingerprint density at radius 2 is 1.08 bits per heavy atom. The number of ether oxygens (including phenoxy) is 1. The average Bonchev–Trinajstić information content (AvgIpc) is 4.16. The van der Waals surface area contributed by atoms with Gasteiger partial charge in [0.15, 0.2) is 0 Å². The topological polar surface area (TPSA) is 33.5 Å². The zero-order valence-electron chi connectivity index (χ0n) is 46.4. The van der Waals surface area contributed by atoms with Crippen molar-refractivity contribution in [1.29, 1.82) is 0 Å². The maximum atomic E-state index is 7.03. The van der Waals surface area contributed by atoms with Crippen LogP contribution < -0.4 is 30.9 Å². The number of para-hydroxylation sites is 3. The number of pyridine rings is 1. The minimum absolute atomic E-state index is 0. The Bertz CT molecular complexity index is 3870. The van der Waals surface area contributed by atoms with E-state index >= 15 is 0 Å². The summed E-state index contributed by atoms with van der Waals surface area (Å²) in [5.74, 6) is 2.09. The van der Waals surface area contributed by atoms with Gasteiger partial charge in [-0.15, -0.1) is 48.1 Å². The van der Waals surface area contributed by atoms with Crippen molar-refractivity contribution in [3.63, 3.8) is 0 Å². The van der Waals surface area contributed by atoms with E-state index in [1.165, 1.54) is 66.1 Å². The zero-order valence-corrected chi connectivity index (χ0v) is 48.7. The molecule has 0 amide bonds. The summed E-state index contributed by atoms with van der Waals surface area (Å²) in [6.45, 7) is 29.8. The van der Waals surface area contributed by atoms with Gasteiger partial charge in [0, 0.05) is 72.5 Å². The number of hydrogen-bond acceptors (Lipinski definition) is 4. The second kappa shape index (κ2) is 19.1. The smallest absolute Gasteiger partial charge is 0.217 e. The third kappa shape index (κ3) is 9.31. The van der Waals surface area contributed by atoms with E-state index in [0.717, 1.165) is 45.2 Å². The first-order chi connectivity index (χ1) is 36.2. The first kappa shape index (κ1) is 51.9. The number of fused-ring (bicyclic) bond motifs is 1. The standard InChI is InChI=1S/C70H66BN4O.Pt/c1-67(2,3)47-23-18-22-45(36-47)55-28-20-29-56(46-37-49(69(7,8)9)39-50(38-46)70(10,11)12)66(55)74-44-73(59-31-16-17-32-60(59)74)52-26-19-27-53(41-52)76-54-42-58-65-62(43-54)75(63-40-48(34-35-72-63)68(4,5)6)61-33-21-30-57(64(61)65)71(58)51-24-14-13-15-25-51;/h13-40,42,44H,1-12H3;/q-3;. The first-order valence-corrected chi connectivity index (χ1v) is 26.9. The zero-order chi connectivity index (χ0) is 53.1.